The van der Waals surface area contributed by atoms with Crippen molar-refractivity contribution in [3.63, 3.8) is 0 Å². The number of ether oxygens (including phenoxy) is 3. The summed E-state index contributed by atoms with van der Waals surface area (Å²) in [6, 6.07) is 19.7. The first kappa shape index (κ1) is 22.1. The molecule has 6 rings (SSSR count). The number of nitrogens with zero attached hydrogens (tertiary/aromatic N) is 1. The fourth-order valence-corrected chi connectivity index (χ4v) is 5.67. The lowest BCUT2D eigenvalue weighted by Crippen LogP contribution is -2.39. The molecular weight excluding hydrogens is 436 g/mol. The maximum atomic E-state index is 6.32. The Bertz CT molecular complexity index is 1370. The molecule has 1 N–H and O–H groups in total. The fourth-order valence-electron chi connectivity index (χ4n) is 5.67. The second kappa shape index (κ2) is 8.97. The van der Waals surface area contributed by atoms with Crippen LogP contribution in [0.2, 0.25) is 0 Å². The Balaban J connectivity index is 1.32. The normalized spacial score (nSPS) is 16.9. The Labute approximate surface area is 206 Å². The molecule has 35 heavy (non-hydrogen) atoms. The van der Waals surface area contributed by atoms with Gasteiger partial charge in [0.25, 0.3) is 0 Å². The van der Waals surface area contributed by atoms with Crippen molar-refractivity contribution in [1.82, 2.24) is 9.88 Å². The van der Waals surface area contributed by atoms with Crippen molar-refractivity contribution in [2.45, 2.75) is 45.4 Å². The van der Waals surface area contributed by atoms with Crippen molar-refractivity contribution in [3.8, 4) is 17.2 Å². The number of nitrogens with one attached hydrogen (secondary N) is 1. The van der Waals surface area contributed by atoms with Gasteiger partial charge in [-0.1, -0.05) is 31.2 Å². The lowest BCUT2D eigenvalue weighted by atomic mass is 9.85. The summed E-state index contributed by atoms with van der Waals surface area (Å²) in [4.78, 5) is 6.25. The largest absolute Gasteiger partial charge is 0.497 e. The van der Waals surface area contributed by atoms with Gasteiger partial charge in [0.1, 0.15) is 12.4 Å². The van der Waals surface area contributed by atoms with Crippen molar-refractivity contribution < 1.29 is 14.2 Å². The Hall–Kier alpha value is -3.44. The summed E-state index contributed by atoms with van der Waals surface area (Å²) >= 11 is 0. The molecule has 1 unspecified atom stereocenters. The predicted molar refractivity (Wildman–Crippen MR) is 139 cm³/mol. The van der Waals surface area contributed by atoms with Crippen LogP contribution in [0.15, 0.2) is 54.6 Å². The minimum atomic E-state index is 0.327. The highest BCUT2D eigenvalue weighted by molar-refractivity contribution is 5.86. The molecule has 0 aliphatic carbocycles. The standard InChI is InChI=1S/C30H32N2O3/c1-4-19-5-7-20(8-6-19)18-35-30-16-23-21(13-29(30)34-3)11-12-32-17-27-25(15-28(23)32)24-14-22(33-2)9-10-26(24)31-27/h5-10,13-14,16,28,31H,4,11-12,15,17-18H2,1-3H3. The fraction of sp³-hybridized carbons (Fsp3) is 0.333. The zero-order chi connectivity index (χ0) is 23.9. The van der Waals surface area contributed by atoms with Crippen molar-refractivity contribution in [3.05, 3.63) is 88.1 Å². The maximum absolute atomic E-state index is 6.32. The molecule has 1 aromatic heterocycles. The molecule has 5 heteroatoms. The van der Waals surface area contributed by atoms with Crippen LogP contribution in [0.5, 0.6) is 17.2 Å². The van der Waals surface area contributed by atoms with Gasteiger partial charge >= 0.3 is 0 Å². The van der Waals surface area contributed by atoms with E-state index < -0.39 is 0 Å². The second-order valence-electron chi connectivity index (χ2n) is 9.59. The Morgan fingerprint density at radius 2 is 1.77 bits per heavy atom. The number of hydrogen-bond donors (Lipinski definition) is 1. The first-order chi connectivity index (χ1) is 17.2. The molecule has 0 saturated heterocycles. The van der Waals surface area contributed by atoms with Crippen molar-refractivity contribution in [2.75, 3.05) is 20.8 Å². The van der Waals surface area contributed by atoms with E-state index in [1.807, 2.05) is 6.07 Å². The molecule has 0 fully saturated rings. The molecule has 5 nitrogen and oxygen atoms in total. The Morgan fingerprint density at radius 1 is 0.943 bits per heavy atom. The SMILES string of the molecule is CCc1ccc(COc2cc3c(cc2OC)CCN2Cc4[nH]c5ccc(OC)cc5c4CC32)cc1. The highest BCUT2D eigenvalue weighted by Crippen LogP contribution is 2.44. The molecular formula is C30H32N2O3. The van der Waals surface area contributed by atoms with E-state index in [2.05, 4.69) is 65.3 Å². The molecule has 4 aromatic rings. The van der Waals surface area contributed by atoms with E-state index in [-0.39, 0.29) is 0 Å². The third kappa shape index (κ3) is 3.94. The summed E-state index contributed by atoms with van der Waals surface area (Å²) < 4.78 is 17.6. The molecule has 0 saturated carbocycles. The number of aryl methyl sites for hydroxylation is 1. The van der Waals surface area contributed by atoms with E-state index in [9.17, 15) is 0 Å². The number of hydrogen-bond acceptors (Lipinski definition) is 4. The average molecular weight is 469 g/mol. The van der Waals surface area contributed by atoms with Crippen LogP contribution >= 0.6 is 0 Å². The first-order valence-electron chi connectivity index (χ1n) is 12.5. The molecule has 0 spiro atoms. The van der Waals surface area contributed by atoms with Gasteiger partial charge in [0.05, 0.1) is 14.2 Å². The Kier molecular flexibility index (Phi) is 5.65. The van der Waals surface area contributed by atoms with Crippen LogP contribution in [0.4, 0.5) is 0 Å². The van der Waals surface area contributed by atoms with Crippen LogP contribution in [0.3, 0.4) is 0 Å². The van der Waals surface area contributed by atoms with E-state index in [0.717, 1.165) is 49.6 Å². The smallest absolute Gasteiger partial charge is 0.162 e. The molecule has 0 radical (unpaired) electrons. The van der Waals surface area contributed by atoms with Gasteiger partial charge in [0.2, 0.25) is 0 Å². The Morgan fingerprint density at radius 3 is 2.54 bits per heavy atom. The van der Waals surface area contributed by atoms with Gasteiger partial charge in [-0.15, -0.1) is 0 Å². The van der Waals surface area contributed by atoms with E-state index in [4.69, 9.17) is 14.2 Å². The number of benzene rings is 3. The molecule has 180 valence electrons. The van der Waals surface area contributed by atoms with Gasteiger partial charge in [-0.3, -0.25) is 4.90 Å². The second-order valence-corrected chi connectivity index (χ2v) is 9.59. The van der Waals surface area contributed by atoms with E-state index >= 15 is 0 Å². The van der Waals surface area contributed by atoms with Crippen LogP contribution < -0.4 is 14.2 Å². The third-order valence-electron chi connectivity index (χ3n) is 7.68. The highest BCUT2D eigenvalue weighted by atomic mass is 16.5. The maximum Gasteiger partial charge on any atom is 0.162 e. The van der Waals surface area contributed by atoms with Crippen molar-refractivity contribution in [2.24, 2.45) is 0 Å². The summed E-state index contributed by atoms with van der Waals surface area (Å²) in [5.41, 5.74) is 9.14. The average Bonchev–Trinajstić information content (AvgIpc) is 3.26. The lowest BCUT2D eigenvalue weighted by Gasteiger charge is -2.40. The van der Waals surface area contributed by atoms with Gasteiger partial charge in [0, 0.05) is 35.7 Å². The summed E-state index contributed by atoms with van der Waals surface area (Å²) in [6.07, 6.45) is 3.03. The summed E-state index contributed by atoms with van der Waals surface area (Å²) in [5, 5.41) is 1.27. The molecule has 2 aliphatic heterocycles. The minimum Gasteiger partial charge on any atom is -0.497 e. The topological polar surface area (TPSA) is 46.7 Å². The molecule has 3 heterocycles. The van der Waals surface area contributed by atoms with E-state index in [0.29, 0.717) is 12.6 Å². The zero-order valence-electron chi connectivity index (χ0n) is 20.7. The predicted octanol–water partition coefficient (Wildman–Crippen LogP) is 5.98. The van der Waals surface area contributed by atoms with Crippen molar-refractivity contribution >= 4 is 10.9 Å². The van der Waals surface area contributed by atoms with Gasteiger partial charge in [-0.2, -0.15) is 0 Å². The van der Waals surface area contributed by atoms with Crippen LogP contribution in [-0.4, -0.2) is 30.6 Å². The zero-order valence-corrected chi connectivity index (χ0v) is 20.7. The lowest BCUT2D eigenvalue weighted by molar-refractivity contribution is 0.158. The minimum absolute atomic E-state index is 0.327. The van der Waals surface area contributed by atoms with E-state index in [1.54, 1.807) is 14.2 Å². The number of methoxy groups -OCH3 is 2. The van der Waals surface area contributed by atoms with Crippen LogP contribution in [0.1, 0.15) is 46.5 Å². The number of aromatic amines is 1. The molecule has 2 aliphatic rings. The third-order valence-corrected chi connectivity index (χ3v) is 7.68. The van der Waals surface area contributed by atoms with Gasteiger partial charge in [-0.25, -0.2) is 0 Å². The van der Waals surface area contributed by atoms with Gasteiger partial charge in [0.15, 0.2) is 11.5 Å². The quantitative estimate of drug-likeness (QED) is 0.378. The molecule has 0 amide bonds. The van der Waals surface area contributed by atoms with Gasteiger partial charge < -0.3 is 19.2 Å². The van der Waals surface area contributed by atoms with Crippen LogP contribution in [-0.2, 0) is 32.4 Å². The summed E-state index contributed by atoms with van der Waals surface area (Å²) in [7, 11) is 3.46. The van der Waals surface area contributed by atoms with Crippen LogP contribution in [0, 0.1) is 0 Å². The summed E-state index contributed by atoms with van der Waals surface area (Å²) in [6.45, 7) is 4.68. The first-order valence-corrected chi connectivity index (χ1v) is 12.5. The van der Waals surface area contributed by atoms with E-state index in [1.165, 1.54) is 44.4 Å². The number of fused-ring (bicyclic) bond motifs is 6. The van der Waals surface area contributed by atoms with Crippen LogP contribution in [0.25, 0.3) is 10.9 Å². The highest BCUT2D eigenvalue weighted by Gasteiger charge is 2.34. The molecule has 0 bridgehead atoms. The number of H-pyrrole nitrogens is 1. The number of aromatic nitrogens is 1. The summed E-state index contributed by atoms with van der Waals surface area (Å²) in [5.74, 6) is 2.54. The van der Waals surface area contributed by atoms with Gasteiger partial charge in [-0.05, 0) is 77.4 Å². The molecule has 1 atom stereocenters. The monoisotopic (exact) mass is 468 g/mol. The number of rotatable bonds is 6. The molecule has 3 aromatic carbocycles. The van der Waals surface area contributed by atoms with Crippen molar-refractivity contribution in [1.29, 1.82) is 0 Å².